The molecular formula is C7H10Cl2O3. The third-order valence-corrected chi connectivity index (χ3v) is 1.64. The van der Waals surface area contributed by atoms with Gasteiger partial charge in [0.15, 0.2) is 0 Å². The molecule has 0 aromatic carbocycles. The summed E-state index contributed by atoms with van der Waals surface area (Å²) in [5, 5.41) is 0. The van der Waals surface area contributed by atoms with Gasteiger partial charge in [0, 0.05) is 6.42 Å². The molecule has 70 valence electrons. The highest BCUT2D eigenvalue weighted by molar-refractivity contribution is 6.27. The maximum absolute atomic E-state index is 10.6. The number of halogens is 2. The third-order valence-electron chi connectivity index (χ3n) is 1.12. The number of carbonyl (C=O) groups is 2. The van der Waals surface area contributed by atoms with Crippen LogP contribution in [0.25, 0.3) is 0 Å². The van der Waals surface area contributed by atoms with Gasteiger partial charge in [-0.2, -0.15) is 0 Å². The molecule has 0 heterocycles. The Labute approximate surface area is 81.0 Å². The molecule has 0 N–H and O–H groups in total. The van der Waals surface area contributed by atoms with E-state index < -0.39 is 5.97 Å². The summed E-state index contributed by atoms with van der Waals surface area (Å²) in [6.07, 6.45) is 0.854. The first-order valence-corrected chi connectivity index (χ1v) is 4.57. The minimum Gasteiger partial charge on any atom is -0.465 e. The first-order chi connectivity index (χ1) is 5.70. The molecule has 0 rings (SSSR count). The molecule has 0 aromatic heterocycles. The number of hydrogen-bond acceptors (Lipinski definition) is 3. The summed E-state index contributed by atoms with van der Waals surface area (Å²) in [4.78, 5) is 21.1. The molecular weight excluding hydrogens is 203 g/mol. The molecule has 0 aromatic rings. The van der Waals surface area contributed by atoms with Crippen LogP contribution in [0.2, 0.25) is 0 Å². The maximum Gasteiger partial charge on any atom is 0.320 e. The summed E-state index contributed by atoms with van der Waals surface area (Å²) in [6.45, 7) is 0.230. The van der Waals surface area contributed by atoms with Crippen molar-refractivity contribution in [2.45, 2.75) is 12.8 Å². The Hall–Kier alpha value is -0.280. The molecule has 0 amide bonds. The van der Waals surface area contributed by atoms with E-state index in [0.717, 1.165) is 0 Å². The predicted octanol–water partition coefficient (Wildman–Crippen LogP) is 1.36. The van der Waals surface area contributed by atoms with E-state index >= 15 is 0 Å². The second kappa shape index (κ2) is 7.37. The lowest BCUT2D eigenvalue weighted by Crippen LogP contribution is -2.08. The van der Waals surface area contributed by atoms with Gasteiger partial charge in [-0.25, -0.2) is 0 Å². The maximum atomic E-state index is 10.6. The van der Waals surface area contributed by atoms with Crippen molar-refractivity contribution in [1.82, 2.24) is 0 Å². The molecule has 0 saturated carbocycles. The van der Waals surface area contributed by atoms with E-state index in [-0.39, 0.29) is 24.2 Å². The molecule has 0 bridgehead atoms. The molecule has 5 heteroatoms. The van der Waals surface area contributed by atoms with Gasteiger partial charge in [-0.3, -0.25) is 9.59 Å². The molecule has 0 aliphatic heterocycles. The van der Waals surface area contributed by atoms with Crippen molar-refractivity contribution in [3.8, 4) is 0 Å². The molecule has 0 fully saturated rings. The summed E-state index contributed by atoms with van der Waals surface area (Å²) in [5.41, 5.74) is 0. The van der Waals surface area contributed by atoms with Crippen molar-refractivity contribution in [1.29, 1.82) is 0 Å². The smallest absolute Gasteiger partial charge is 0.320 e. The van der Waals surface area contributed by atoms with E-state index in [4.69, 9.17) is 23.2 Å². The Morgan fingerprint density at radius 1 is 1.17 bits per heavy atom. The Bertz CT molecular complexity index is 141. The van der Waals surface area contributed by atoms with E-state index in [1.165, 1.54) is 0 Å². The van der Waals surface area contributed by atoms with E-state index in [9.17, 15) is 9.59 Å². The topological polar surface area (TPSA) is 43.4 Å². The van der Waals surface area contributed by atoms with Crippen molar-refractivity contribution in [3.05, 3.63) is 0 Å². The summed E-state index contributed by atoms with van der Waals surface area (Å²) >= 11 is 10.4. The standard InChI is InChI=1S/C7H10Cl2O3/c8-4-6(10)2-1-3-12-7(11)5-9/h1-5H2. The Balaban J connectivity index is 3.21. The normalized spacial score (nSPS) is 9.50. The van der Waals surface area contributed by atoms with E-state index in [2.05, 4.69) is 4.74 Å². The van der Waals surface area contributed by atoms with Crippen LogP contribution in [0.3, 0.4) is 0 Å². The monoisotopic (exact) mass is 212 g/mol. The van der Waals surface area contributed by atoms with Crippen LogP contribution in [0.15, 0.2) is 0 Å². The number of hydrogen-bond donors (Lipinski definition) is 0. The van der Waals surface area contributed by atoms with Crippen LogP contribution in [0, 0.1) is 0 Å². The Morgan fingerprint density at radius 2 is 1.83 bits per heavy atom. The average Bonchev–Trinajstić information content (AvgIpc) is 2.11. The van der Waals surface area contributed by atoms with Crippen LogP contribution in [0.4, 0.5) is 0 Å². The molecule has 0 aliphatic carbocycles. The number of alkyl halides is 2. The van der Waals surface area contributed by atoms with Crippen LogP contribution >= 0.6 is 23.2 Å². The van der Waals surface area contributed by atoms with Crippen LogP contribution in [-0.2, 0) is 14.3 Å². The van der Waals surface area contributed by atoms with Crippen molar-refractivity contribution in [2.24, 2.45) is 0 Å². The van der Waals surface area contributed by atoms with Crippen molar-refractivity contribution < 1.29 is 14.3 Å². The van der Waals surface area contributed by atoms with Gasteiger partial charge in [-0.1, -0.05) is 0 Å². The second-order valence-corrected chi connectivity index (χ2v) is 2.66. The highest BCUT2D eigenvalue weighted by Crippen LogP contribution is 1.94. The molecule has 12 heavy (non-hydrogen) atoms. The molecule has 0 unspecified atom stereocenters. The second-order valence-electron chi connectivity index (χ2n) is 2.13. The van der Waals surface area contributed by atoms with E-state index in [1.54, 1.807) is 0 Å². The van der Waals surface area contributed by atoms with Gasteiger partial charge >= 0.3 is 5.97 Å². The predicted molar refractivity (Wildman–Crippen MR) is 46.6 cm³/mol. The van der Waals surface area contributed by atoms with Crippen LogP contribution in [-0.4, -0.2) is 30.1 Å². The molecule has 0 spiro atoms. The summed E-state index contributed by atoms with van der Waals surface area (Å²) in [5.74, 6) is -0.638. The SMILES string of the molecule is O=C(CCl)CCCOC(=O)CCl. The highest BCUT2D eigenvalue weighted by atomic mass is 35.5. The molecule has 3 nitrogen and oxygen atoms in total. The largest absolute Gasteiger partial charge is 0.465 e. The quantitative estimate of drug-likeness (QED) is 0.380. The summed E-state index contributed by atoms with van der Waals surface area (Å²) < 4.78 is 4.62. The zero-order chi connectivity index (χ0) is 9.40. The van der Waals surface area contributed by atoms with Gasteiger partial charge in [0.25, 0.3) is 0 Å². The molecule has 0 aliphatic rings. The number of Topliss-reactive ketones (excluding diaryl/α,β-unsaturated/α-hetero) is 1. The summed E-state index contributed by atoms with van der Waals surface area (Å²) in [7, 11) is 0. The zero-order valence-electron chi connectivity index (χ0n) is 6.52. The third kappa shape index (κ3) is 6.43. The fourth-order valence-electron chi connectivity index (χ4n) is 0.561. The highest BCUT2D eigenvalue weighted by Gasteiger charge is 2.01. The van der Waals surface area contributed by atoms with Crippen molar-refractivity contribution >= 4 is 35.0 Å². The number of carbonyl (C=O) groups excluding carboxylic acids is 2. The molecule has 0 radical (unpaired) electrons. The van der Waals surface area contributed by atoms with E-state index in [1.807, 2.05) is 0 Å². The first-order valence-electron chi connectivity index (χ1n) is 3.50. The number of rotatable bonds is 6. The number of ether oxygens (including phenoxy) is 1. The molecule has 0 atom stereocenters. The lowest BCUT2D eigenvalue weighted by atomic mass is 10.2. The Morgan fingerprint density at radius 3 is 2.33 bits per heavy atom. The minimum absolute atomic E-state index is 0.0173. The zero-order valence-corrected chi connectivity index (χ0v) is 8.03. The van der Waals surface area contributed by atoms with Crippen molar-refractivity contribution in [3.63, 3.8) is 0 Å². The van der Waals surface area contributed by atoms with Crippen LogP contribution in [0.1, 0.15) is 12.8 Å². The first kappa shape index (κ1) is 11.7. The van der Waals surface area contributed by atoms with Gasteiger partial charge in [0.05, 0.1) is 12.5 Å². The Kier molecular flexibility index (Phi) is 7.20. The van der Waals surface area contributed by atoms with Gasteiger partial charge < -0.3 is 4.74 Å². The minimum atomic E-state index is -0.463. The van der Waals surface area contributed by atoms with E-state index in [0.29, 0.717) is 12.8 Å². The van der Waals surface area contributed by atoms with Crippen LogP contribution < -0.4 is 0 Å². The molecule has 0 saturated heterocycles. The number of ketones is 1. The fourth-order valence-corrected chi connectivity index (χ4v) is 0.772. The van der Waals surface area contributed by atoms with Gasteiger partial charge in [0.2, 0.25) is 0 Å². The lowest BCUT2D eigenvalue weighted by Gasteiger charge is -2.00. The van der Waals surface area contributed by atoms with Gasteiger partial charge in [-0.15, -0.1) is 23.2 Å². The van der Waals surface area contributed by atoms with Crippen LogP contribution in [0.5, 0.6) is 0 Å². The van der Waals surface area contributed by atoms with Gasteiger partial charge in [0.1, 0.15) is 11.7 Å². The summed E-state index contributed by atoms with van der Waals surface area (Å²) in [6, 6.07) is 0. The number of esters is 1. The lowest BCUT2D eigenvalue weighted by molar-refractivity contribution is -0.141. The fraction of sp³-hybridized carbons (Fsp3) is 0.714. The van der Waals surface area contributed by atoms with Crippen molar-refractivity contribution in [2.75, 3.05) is 18.4 Å². The average molecular weight is 213 g/mol. The van der Waals surface area contributed by atoms with Gasteiger partial charge in [-0.05, 0) is 6.42 Å².